The maximum atomic E-state index is 13.7. The van der Waals surface area contributed by atoms with Crippen LogP contribution >= 0.6 is 0 Å². The standard InChI is InChI=1S/C11H13F3N4.C5H10O2/c1-11(2,4-9(13)14)8-3-6(12)7-5-16-10(15)17-18(7)8;6-5-2-1-3-7-4-5/h3,5,9H,4H2,1-2H3,(H2,15,17);5-6H,1-4H2. The van der Waals surface area contributed by atoms with E-state index in [1.165, 1.54) is 16.8 Å². The monoisotopic (exact) mass is 360 g/mol. The van der Waals surface area contributed by atoms with Crippen molar-refractivity contribution in [3.8, 4) is 0 Å². The summed E-state index contributed by atoms with van der Waals surface area (Å²) in [7, 11) is 0. The molecule has 2 aromatic heterocycles. The van der Waals surface area contributed by atoms with Crippen LogP contribution in [-0.2, 0) is 10.2 Å². The lowest BCUT2D eigenvalue weighted by Crippen LogP contribution is -2.23. The van der Waals surface area contributed by atoms with E-state index in [0.717, 1.165) is 19.4 Å². The van der Waals surface area contributed by atoms with Crippen LogP contribution in [0.15, 0.2) is 12.3 Å². The topological polar surface area (TPSA) is 85.7 Å². The number of rotatable bonds is 3. The number of fused-ring (bicyclic) bond motifs is 1. The minimum atomic E-state index is -2.48. The first-order valence-electron chi connectivity index (χ1n) is 8.05. The van der Waals surface area contributed by atoms with E-state index in [1.54, 1.807) is 13.8 Å². The van der Waals surface area contributed by atoms with Crippen LogP contribution in [-0.4, -0.2) is 45.4 Å². The van der Waals surface area contributed by atoms with Gasteiger partial charge in [0.05, 0.1) is 24.6 Å². The lowest BCUT2D eigenvalue weighted by molar-refractivity contribution is -0.00535. The van der Waals surface area contributed by atoms with E-state index >= 15 is 0 Å². The van der Waals surface area contributed by atoms with Crippen molar-refractivity contribution in [2.24, 2.45) is 0 Å². The largest absolute Gasteiger partial charge is 0.391 e. The van der Waals surface area contributed by atoms with E-state index in [0.29, 0.717) is 12.3 Å². The molecule has 0 aliphatic carbocycles. The summed E-state index contributed by atoms with van der Waals surface area (Å²) in [4.78, 5) is 3.68. The lowest BCUT2D eigenvalue weighted by Gasteiger charge is -2.23. The molecule has 1 aliphatic rings. The Morgan fingerprint density at radius 1 is 1.48 bits per heavy atom. The zero-order valence-electron chi connectivity index (χ0n) is 14.3. The predicted molar refractivity (Wildman–Crippen MR) is 87.1 cm³/mol. The molecule has 6 nitrogen and oxygen atoms in total. The van der Waals surface area contributed by atoms with Gasteiger partial charge in [-0.1, -0.05) is 13.8 Å². The van der Waals surface area contributed by atoms with Gasteiger partial charge in [0.2, 0.25) is 12.4 Å². The maximum Gasteiger partial charge on any atom is 0.239 e. The molecule has 1 aliphatic heterocycles. The molecule has 1 fully saturated rings. The minimum absolute atomic E-state index is 0.0350. The van der Waals surface area contributed by atoms with Crippen LogP contribution in [0.3, 0.4) is 0 Å². The maximum absolute atomic E-state index is 13.7. The van der Waals surface area contributed by atoms with E-state index in [-0.39, 0.29) is 24.0 Å². The zero-order chi connectivity index (χ0) is 18.6. The Bertz CT molecular complexity index is 700. The Labute approximate surface area is 143 Å². The fraction of sp³-hybridized carbons (Fsp3) is 0.625. The van der Waals surface area contributed by atoms with Crippen LogP contribution in [0.5, 0.6) is 0 Å². The molecule has 3 N–H and O–H groups in total. The molecule has 0 bridgehead atoms. The molecule has 1 unspecified atom stereocenters. The number of anilines is 1. The number of hydrogen-bond donors (Lipinski definition) is 2. The number of aromatic nitrogens is 3. The Morgan fingerprint density at radius 3 is 2.72 bits per heavy atom. The molecule has 0 saturated carbocycles. The molecule has 25 heavy (non-hydrogen) atoms. The van der Waals surface area contributed by atoms with Gasteiger partial charge in [-0.15, -0.1) is 5.10 Å². The predicted octanol–water partition coefficient (Wildman–Crippen LogP) is 2.54. The normalized spacial score (nSPS) is 18.3. The summed E-state index contributed by atoms with van der Waals surface area (Å²) in [5.74, 6) is -0.584. The van der Waals surface area contributed by atoms with E-state index in [2.05, 4.69) is 10.1 Å². The van der Waals surface area contributed by atoms with Crippen molar-refractivity contribution in [3.63, 3.8) is 0 Å². The number of nitrogens with zero attached hydrogens (tertiary/aromatic N) is 3. The summed E-state index contributed by atoms with van der Waals surface area (Å²) in [6.07, 6.45) is 0.116. The molecular formula is C16H23F3N4O2. The van der Waals surface area contributed by atoms with Crippen LogP contribution < -0.4 is 5.73 Å². The van der Waals surface area contributed by atoms with Gasteiger partial charge in [-0.05, 0) is 18.9 Å². The molecule has 3 heterocycles. The number of hydrogen-bond acceptors (Lipinski definition) is 5. The highest BCUT2D eigenvalue weighted by Gasteiger charge is 2.30. The first kappa shape index (κ1) is 19.5. The first-order chi connectivity index (χ1) is 11.7. The van der Waals surface area contributed by atoms with Crippen molar-refractivity contribution >= 4 is 11.5 Å². The second-order valence-electron chi connectivity index (χ2n) is 6.64. The molecule has 1 saturated heterocycles. The van der Waals surface area contributed by atoms with Crippen LogP contribution in [0.2, 0.25) is 0 Å². The summed E-state index contributed by atoms with van der Waals surface area (Å²) in [6, 6.07) is 1.20. The summed E-state index contributed by atoms with van der Waals surface area (Å²) >= 11 is 0. The summed E-state index contributed by atoms with van der Waals surface area (Å²) in [6.45, 7) is 4.59. The van der Waals surface area contributed by atoms with E-state index in [9.17, 15) is 13.2 Å². The number of halogens is 3. The molecule has 0 aromatic carbocycles. The average molecular weight is 360 g/mol. The van der Waals surface area contributed by atoms with Gasteiger partial charge in [0.25, 0.3) is 0 Å². The first-order valence-corrected chi connectivity index (χ1v) is 8.05. The highest BCUT2D eigenvalue weighted by atomic mass is 19.3. The zero-order valence-corrected chi connectivity index (χ0v) is 14.3. The third kappa shape index (κ3) is 5.05. The Hall–Kier alpha value is -1.87. The number of nitrogens with two attached hydrogens (primary N) is 1. The number of alkyl halides is 2. The quantitative estimate of drug-likeness (QED) is 0.879. The SMILES string of the molecule is CC(C)(CC(F)F)c1cc(F)c2cnc(N)nn12.OC1CCCOC1. The van der Waals surface area contributed by atoms with Gasteiger partial charge in [0.15, 0.2) is 5.82 Å². The highest BCUT2D eigenvalue weighted by molar-refractivity contribution is 5.50. The molecule has 1 atom stereocenters. The molecule has 9 heteroatoms. The Kier molecular flexibility index (Phi) is 6.23. The number of ether oxygens (including phenoxy) is 1. The van der Waals surface area contributed by atoms with Crippen molar-refractivity contribution in [2.75, 3.05) is 18.9 Å². The van der Waals surface area contributed by atoms with Crippen LogP contribution in [0.1, 0.15) is 38.8 Å². The number of aliphatic hydroxyl groups excluding tert-OH is 1. The van der Waals surface area contributed by atoms with E-state index < -0.39 is 17.7 Å². The van der Waals surface area contributed by atoms with Gasteiger partial charge >= 0.3 is 0 Å². The number of nitrogen functional groups attached to an aromatic ring is 1. The highest BCUT2D eigenvalue weighted by Crippen LogP contribution is 2.32. The van der Waals surface area contributed by atoms with Gasteiger partial charge in [-0.2, -0.15) is 0 Å². The third-order valence-electron chi connectivity index (χ3n) is 3.98. The van der Waals surface area contributed by atoms with Gasteiger partial charge in [-0.25, -0.2) is 22.7 Å². The molecule has 2 aromatic rings. The fourth-order valence-electron chi connectivity index (χ4n) is 2.66. The molecule has 0 spiro atoms. The Morgan fingerprint density at radius 2 is 2.20 bits per heavy atom. The van der Waals surface area contributed by atoms with Crippen LogP contribution in [0, 0.1) is 5.82 Å². The Balaban J connectivity index is 0.000000269. The van der Waals surface area contributed by atoms with Crippen molar-refractivity contribution in [3.05, 3.63) is 23.8 Å². The van der Waals surface area contributed by atoms with Crippen molar-refractivity contribution in [1.82, 2.24) is 14.6 Å². The van der Waals surface area contributed by atoms with E-state index in [1.807, 2.05) is 0 Å². The summed E-state index contributed by atoms with van der Waals surface area (Å²) < 4.78 is 44.9. The average Bonchev–Trinajstić information content (AvgIpc) is 2.85. The summed E-state index contributed by atoms with van der Waals surface area (Å²) in [5, 5.41) is 12.7. The van der Waals surface area contributed by atoms with Gasteiger partial charge < -0.3 is 15.6 Å². The number of aliphatic hydroxyl groups is 1. The fourth-order valence-corrected chi connectivity index (χ4v) is 2.66. The van der Waals surface area contributed by atoms with Crippen LogP contribution in [0.25, 0.3) is 5.52 Å². The summed E-state index contributed by atoms with van der Waals surface area (Å²) in [5.41, 5.74) is 5.00. The lowest BCUT2D eigenvalue weighted by atomic mass is 9.86. The van der Waals surface area contributed by atoms with Gasteiger partial charge in [0.1, 0.15) is 5.52 Å². The molecule has 3 rings (SSSR count). The molecular weight excluding hydrogens is 337 g/mol. The van der Waals surface area contributed by atoms with Gasteiger partial charge in [0, 0.05) is 18.4 Å². The van der Waals surface area contributed by atoms with Crippen LogP contribution in [0.4, 0.5) is 19.1 Å². The van der Waals surface area contributed by atoms with Gasteiger partial charge in [-0.3, -0.25) is 0 Å². The van der Waals surface area contributed by atoms with E-state index in [4.69, 9.17) is 15.6 Å². The second kappa shape index (κ2) is 8.01. The third-order valence-corrected chi connectivity index (χ3v) is 3.98. The van der Waals surface area contributed by atoms with Crippen molar-refractivity contribution in [1.29, 1.82) is 0 Å². The van der Waals surface area contributed by atoms with Crippen molar-refractivity contribution in [2.45, 2.75) is 51.1 Å². The molecule has 0 radical (unpaired) electrons. The second-order valence-corrected chi connectivity index (χ2v) is 6.64. The smallest absolute Gasteiger partial charge is 0.239 e. The molecule has 0 amide bonds. The van der Waals surface area contributed by atoms with Crippen molar-refractivity contribution < 1.29 is 23.0 Å². The minimum Gasteiger partial charge on any atom is -0.391 e. The molecule has 140 valence electrons.